The van der Waals surface area contributed by atoms with Crippen LogP contribution in [0.15, 0.2) is 11.8 Å². The van der Waals surface area contributed by atoms with E-state index >= 15 is 0 Å². The molecular weight excluding hydrogens is 358 g/mol. The van der Waals surface area contributed by atoms with Crippen LogP contribution in [0.2, 0.25) is 0 Å². The maximum Gasteiger partial charge on any atom is 0.157 e. The largest absolute Gasteiger partial charge is 0.387 e. The fourth-order valence-electron chi connectivity index (χ4n) is 8.42. The molecule has 5 aliphatic rings. The van der Waals surface area contributed by atoms with E-state index in [1.54, 1.807) is 0 Å². The number of rotatable bonds is 4. The molecule has 0 radical (unpaired) electrons. The highest BCUT2D eigenvalue weighted by molar-refractivity contribution is 5.91. The summed E-state index contributed by atoms with van der Waals surface area (Å²) < 4.78 is 0. The number of hydrogen-bond donors (Lipinski definition) is 1. The standard InChI is InChI=1S/C26H39NO2/c1-25-12-9-19(28)15-24(25)27-17-21-22(25)10-13-26(11-5-8-23(21)26)16-20(29)14-18-6-3-2-4-7-18/h15,18,21-23,27H,2-14,16-17H2,1H3/t21-,22+,23+,25-,26+/m1/s1. The Morgan fingerprint density at radius 2 is 1.86 bits per heavy atom. The van der Waals surface area contributed by atoms with E-state index in [-0.39, 0.29) is 10.8 Å². The molecule has 5 rings (SSSR count). The summed E-state index contributed by atoms with van der Waals surface area (Å²) in [6.07, 6.45) is 18.3. The number of hydrogen-bond acceptors (Lipinski definition) is 3. The molecule has 3 saturated carbocycles. The van der Waals surface area contributed by atoms with Crippen LogP contribution in [0, 0.1) is 34.5 Å². The Bertz CT molecular complexity index is 705. The van der Waals surface area contributed by atoms with Crippen molar-refractivity contribution >= 4 is 11.6 Å². The van der Waals surface area contributed by atoms with Crippen molar-refractivity contribution in [3.8, 4) is 0 Å². The smallest absolute Gasteiger partial charge is 0.157 e. The summed E-state index contributed by atoms with van der Waals surface area (Å²) in [4.78, 5) is 25.1. The predicted molar refractivity (Wildman–Crippen MR) is 115 cm³/mol. The molecule has 3 heteroatoms. The van der Waals surface area contributed by atoms with Gasteiger partial charge in [0.1, 0.15) is 5.78 Å². The van der Waals surface area contributed by atoms with E-state index < -0.39 is 0 Å². The van der Waals surface area contributed by atoms with Gasteiger partial charge in [-0.3, -0.25) is 9.59 Å². The lowest BCUT2D eigenvalue weighted by molar-refractivity contribution is -0.127. The van der Waals surface area contributed by atoms with Gasteiger partial charge in [0.15, 0.2) is 5.78 Å². The molecule has 1 heterocycles. The van der Waals surface area contributed by atoms with E-state index in [0.29, 0.717) is 41.7 Å². The van der Waals surface area contributed by atoms with Crippen molar-refractivity contribution in [2.45, 2.75) is 96.8 Å². The van der Waals surface area contributed by atoms with E-state index in [4.69, 9.17) is 0 Å². The molecule has 1 saturated heterocycles. The number of Topliss-reactive ketones (excluding diaryl/α,β-unsaturated/α-hetero) is 1. The van der Waals surface area contributed by atoms with E-state index in [0.717, 1.165) is 25.8 Å². The van der Waals surface area contributed by atoms with Crippen LogP contribution < -0.4 is 5.32 Å². The van der Waals surface area contributed by atoms with E-state index in [1.807, 2.05) is 6.08 Å². The molecule has 0 aromatic rings. The maximum absolute atomic E-state index is 13.1. The number of piperidine rings is 1. The van der Waals surface area contributed by atoms with Crippen LogP contribution in [-0.2, 0) is 9.59 Å². The fourth-order valence-corrected chi connectivity index (χ4v) is 8.42. The molecule has 5 atom stereocenters. The monoisotopic (exact) mass is 397 g/mol. The third kappa shape index (κ3) is 3.41. The molecule has 4 aliphatic carbocycles. The second kappa shape index (κ2) is 7.54. The molecule has 0 bridgehead atoms. The minimum absolute atomic E-state index is 0.150. The quantitative estimate of drug-likeness (QED) is 0.673. The number of nitrogens with one attached hydrogen (secondary N) is 1. The summed E-state index contributed by atoms with van der Waals surface area (Å²) >= 11 is 0. The van der Waals surface area contributed by atoms with Gasteiger partial charge in [-0.2, -0.15) is 0 Å². The van der Waals surface area contributed by atoms with Crippen molar-refractivity contribution < 1.29 is 9.59 Å². The minimum atomic E-state index is 0.150. The lowest BCUT2D eigenvalue weighted by Crippen LogP contribution is -2.56. The van der Waals surface area contributed by atoms with Gasteiger partial charge in [0.2, 0.25) is 0 Å². The van der Waals surface area contributed by atoms with Crippen molar-refractivity contribution in [1.82, 2.24) is 5.32 Å². The zero-order chi connectivity index (χ0) is 20.1. The first kappa shape index (κ1) is 19.8. The molecule has 0 unspecified atom stereocenters. The number of allylic oxidation sites excluding steroid dienone is 2. The summed E-state index contributed by atoms with van der Waals surface area (Å²) in [5.41, 5.74) is 1.66. The highest BCUT2D eigenvalue weighted by Gasteiger charge is 2.58. The lowest BCUT2D eigenvalue weighted by atomic mass is 9.49. The van der Waals surface area contributed by atoms with Crippen LogP contribution in [0.3, 0.4) is 0 Å². The normalized spacial score (nSPS) is 42.3. The first-order chi connectivity index (χ1) is 14.0. The molecule has 0 spiro atoms. The first-order valence-corrected chi connectivity index (χ1v) is 12.5. The number of carbonyl (C=O) groups excluding carboxylic acids is 2. The van der Waals surface area contributed by atoms with E-state index in [2.05, 4.69) is 12.2 Å². The van der Waals surface area contributed by atoms with Gasteiger partial charge in [-0.25, -0.2) is 0 Å². The van der Waals surface area contributed by atoms with Crippen LogP contribution in [0.1, 0.15) is 96.8 Å². The maximum atomic E-state index is 13.1. The van der Waals surface area contributed by atoms with Crippen molar-refractivity contribution in [3.05, 3.63) is 11.8 Å². The third-order valence-electron chi connectivity index (χ3n) is 9.91. The summed E-state index contributed by atoms with van der Waals surface area (Å²) in [7, 11) is 0. The van der Waals surface area contributed by atoms with Gasteiger partial charge in [-0.15, -0.1) is 0 Å². The van der Waals surface area contributed by atoms with Crippen molar-refractivity contribution in [1.29, 1.82) is 0 Å². The molecule has 1 aliphatic heterocycles. The number of carbonyl (C=O) groups is 2. The summed E-state index contributed by atoms with van der Waals surface area (Å²) in [6, 6.07) is 0. The molecule has 4 fully saturated rings. The molecule has 1 N–H and O–H groups in total. The topological polar surface area (TPSA) is 46.2 Å². The van der Waals surface area contributed by atoms with Gasteiger partial charge >= 0.3 is 0 Å². The summed E-state index contributed by atoms with van der Waals surface area (Å²) in [5.74, 6) is 3.62. The highest BCUT2D eigenvalue weighted by Crippen LogP contribution is 2.63. The van der Waals surface area contributed by atoms with Crippen LogP contribution >= 0.6 is 0 Å². The van der Waals surface area contributed by atoms with Crippen LogP contribution in [-0.4, -0.2) is 18.1 Å². The molecule has 29 heavy (non-hydrogen) atoms. The summed E-state index contributed by atoms with van der Waals surface area (Å²) in [5, 5.41) is 3.70. The molecular formula is C26H39NO2. The predicted octanol–water partition coefficient (Wildman–Crippen LogP) is 5.59. The molecule has 3 nitrogen and oxygen atoms in total. The molecule has 0 amide bonds. The van der Waals surface area contributed by atoms with Crippen molar-refractivity contribution in [3.63, 3.8) is 0 Å². The third-order valence-corrected chi connectivity index (χ3v) is 9.91. The summed E-state index contributed by atoms with van der Waals surface area (Å²) in [6.45, 7) is 3.42. The zero-order valence-electron chi connectivity index (χ0n) is 18.3. The number of ketones is 2. The van der Waals surface area contributed by atoms with Crippen molar-refractivity contribution in [2.24, 2.45) is 34.5 Å². The van der Waals surface area contributed by atoms with Gasteiger partial charge in [0.05, 0.1) is 0 Å². The average Bonchev–Trinajstić information content (AvgIpc) is 3.13. The average molecular weight is 398 g/mol. The fraction of sp³-hybridized carbons (Fsp3) is 0.846. The van der Waals surface area contributed by atoms with Gasteiger partial charge in [0, 0.05) is 43.0 Å². The Labute approximate surface area is 176 Å². The number of fused-ring (bicyclic) bond motifs is 5. The van der Waals surface area contributed by atoms with Gasteiger partial charge in [-0.05, 0) is 61.2 Å². The lowest BCUT2D eigenvalue weighted by Gasteiger charge is -2.58. The SMILES string of the molecule is C[C@]12CCC(=O)C=C1NC[C@H]1[C@@H]3CCC[C@@]3(CC(=O)CC3CCCCC3)CC[C@@H]12. The van der Waals surface area contributed by atoms with Crippen LogP contribution in [0.4, 0.5) is 0 Å². The zero-order valence-corrected chi connectivity index (χ0v) is 18.3. The van der Waals surface area contributed by atoms with Crippen molar-refractivity contribution in [2.75, 3.05) is 6.54 Å². The second-order valence-corrected chi connectivity index (χ2v) is 11.4. The van der Waals surface area contributed by atoms with Gasteiger partial charge in [-0.1, -0.05) is 45.4 Å². The molecule has 160 valence electrons. The second-order valence-electron chi connectivity index (χ2n) is 11.4. The Morgan fingerprint density at radius 1 is 1.03 bits per heavy atom. The minimum Gasteiger partial charge on any atom is -0.387 e. The molecule has 0 aromatic carbocycles. The Balaban J connectivity index is 1.32. The van der Waals surface area contributed by atoms with Crippen LogP contribution in [0.25, 0.3) is 0 Å². The Hall–Kier alpha value is -1.12. The van der Waals surface area contributed by atoms with E-state index in [1.165, 1.54) is 69.9 Å². The Kier molecular flexibility index (Phi) is 5.15. The van der Waals surface area contributed by atoms with E-state index in [9.17, 15) is 9.59 Å². The molecule has 0 aromatic heterocycles. The van der Waals surface area contributed by atoms with Crippen LogP contribution in [0.5, 0.6) is 0 Å². The highest BCUT2D eigenvalue weighted by atomic mass is 16.1. The Morgan fingerprint density at radius 3 is 2.69 bits per heavy atom. The van der Waals surface area contributed by atoms with Gasteiger partial charge < -0.3 is 5.32 Å². The van der Waals surface area contributed by atoms with Gasteiger partial charge in [0.25, 0.3) is 0 Å². The first-order valence-electron chi connectivity index (χ1n) is 12.5.